The number of methoxy groups -OCH3 is 1. The lowest BCUT2D eigenvalue weighted by molar-refractivity contribution is -0.991. The van der Waals surface area contributed by atoms with Gasteiger partial charge in [0.25, 0.3) is 0 Å². The Hall–Kier alpha value is -1.95. The number of carbonyl (C=O) groups is 1. The van der Waals surface area contributed by atoms with E-state index in [2.05, 4.69) is 4.74 Å². The first-order chi connectivity index (χ1) is 8.11. The summed E-state index contributed by atoms with van der Waals surface area (Å²) in [6.45, 7) is 0. The lowest BCUT2D eigenvalue weighted by Gasteiger charge is -2.12. The molecule has 17 heavy (non-hydrogen) atoms. The van der Waals surface area contributed by atoms with Crippen molar-refractivity contribution in [3.63, 3.8) is 0 Å². The molecule has 0 fully saturated rings. The monoisotopic (exact) mass is 233 g/mol. The fourth-order valence-electron chi connectivity index (χ4n) is 1.62. The van der Waals surface area contributed by atoms with Crippen molar-refractivity contribution in [3.05, 3.63) is 47.2 Å². The van der Waals surface area contributed by atoms with Crippen molar-refractivity contribution in [2.24, 2.45) is 0 Å². The summed E-state index contributed by atoms with van der Waals surface area (Å²) in [6.07, 6.45) is 0. The zero-order valence-electron chi connectivity index (χ0n) is 9.14. The predicted octanol–water partition coefficient (Wildman–Crippen LogP) is 1.03. The third-order valence-electron chi connectivity index (χ3n) is 2.51. The van der Waals surface area contributed by atoms with Crippen LogP contribution in [0.15, 0.2) is 36.4 Å². The van der Waals surface area contributed by atoms with Gasteiger partial charge in [0.1, 0.15) is 0 Å². The van der Waals surface area contributed by atoms with Crippen molar-refractivity contribution in [1.82, 2.24) is 0 Å². The van der Waals surface area contributed by atoms with Gasteiger partial charge in [-0.15, -0.1) is 0 Å². The summed E-state index contributed by atoms with van der Waals surface area (Å²) in [6, 6.07) is 9.73. The van der Waals surface area contributed by atoms with Gasteiger partial charge in [-0.25, -0.2) is 10.0 Å². The van der Waals surface area contributed by atoms with Crippen molar-refractivity contribution in [2.75, 3.05) is 7.11 Å². The van der Waals surface area contributed by atoms with Crippen LogP contribution in [0.4, 0.5) is 5.69 Å². The number of quaternary nitrogens is 1. The van der Waals surface area contributed by atoms with Crippen LogP contribution in [0.25, 0.3) is 10.8 Å². The highest BCUT2D eigenvalue weighted by atomic mass is 16.8. The Bertz CT molecular complexity index is 565. The van der Waals surface area contributed by atoms with Gasteiger partial charge < -0.3 is 9.94 Å². The number of carbonyl (C=O) groups excluding carboxylic acids is 1. The summed E-state index contributed by atoms with van der Waals surface area (Å²) in [5, 5.41) is 20.3. The quantitative estimate of drug-likeness (QED) is 0.600. The summed E-state index contributed by atoms with van der Waals surface area (Å²) in [5.41, 5.74) is 0.673. The molecule has 2 aromatic rings. The zero-order valence-corrected chi connectivity index (χ0v) is 9.14. The molecule has 1 atom stereocenters. The summed E-state index contributed by atoms with van der Waals surface area (Å²) in [5.74, 6) is -0.408. The Labute approximate surface area is 97.4 Å². The molecule has 0 radical (unpaired) electrons. The third-order valence-corrected chi connectivity index (χ3v) is 2.51. The van der Waals surface area contributed by atoms with E-state index in [-0.39, 0.29) is 5.69 Å². The van der Waals surface area contributed by atoms with Gasteiger partial charge in [0.15, 0.2) is 5.69 Å². The predicted molar refractivity (Wildman–Crippen MR) is 61.1 cm³/mol. The maximum absolute atomic E-state index is 11.3. The summed E-state index contributed by atoms with van der Waals surface area (Å²) in [7, 11) is 1.32. The van der Waals surface area contributed by atoms with Crippen LogP contribution < -0.4 is 5.23 Å². The molecule has 1 unspecified atom stereocenters. The Balaban J connectivity index is 2.50. The second-order valence-electron chi connectivity index (χ2n) is 3.57. The lowest BCUT2D eigenvalue weighted by atomic mass is 10.1. The fraction of sp³-hybridized carbons (Fsp3) is 0.0833. The SMILES string of the molecule is COC(=O)c1ccc2cc([NH+]([O-])O)ccc2c1. The highest BCUT2D eigenvalue weighted by Crippen LogP contribution is 2.19. The van der Waals surface area contributed by atoms with Gasteiger partial charge in [0, 0.05) is 12.1 Å². The van der Waals surface area contributed by atoms with Crippen molar-refractivity contribution < 1.29 is 20.0 Å². The van der Waals surface area contributed by atoms with E-state index in [1.807, 2.05) is 0 Å². The highest BCUT2D eigenvalue weighted by molar-refractivity contribution is 5.95. The molecule has 88 valence electrons. The van der Waals surface area contributed by atoms with E-state index in [1.54, 1.807) is 30.3 Å². The van der Waals surface area contributed by atoms with Gasteiger partial charge in [-0.1, -0.05) is 6.07 Å². The molecule has 5 heteroatoms. The second kappa shape index (κ2) is 4.50. The average molecular weight is 233 g/mol. The van der Waals surface area contributed by atoms with E-state index in [9.17, 15) is 10.0 Å². The minimum Gasteiger partial charge on any atom is -0.595 e. The minimum atomic E-state index is -0.969. The number of hydrogen-bond acceptors (Lipinski definition) is 4. The van der Waals surface area contributed by atoms with E-state index in [0.29, 0.717) is 5.56 Å². The Morgan fingerprint density at radius 2 is 1.88 bits per heavy atom. The van der Waals surface area contributed by atoms with Gasteiger partial charge in [0.2, 0.25) is 0 Å². The van der Waals surface area contributed by atoms with Crippen LogP contribution in [0, 0.1) is 5.21 Å². The Morgan fingerprint density at radius 1 is 1.24 bits per heavy atom. The fourth-order valence-corrected chi connectivity index (χ4v) is 1.62. The molecular weight excluding hydrogens is 222 g/mol. The smallest absolute Gasteiger partial charge is 0.337 e. The summed E-state index contributed by atoms with van der Waals surface area (Å²) < 4.78 is 4.61. The van der Waals surface area contributed by atoms with Crippen LogP contribution in [0.1, 0.15) is 10.4 Å². The molecule has 0 heterocycles. The number of fused-ring (bicyclic) bond motifs is 1. The van der Waals surface area contributed by atoms with Gasteiger partial charge in [-0.3, -0.25) is 0 Å². The first-order valence-corrected chi connectivity index (χ1v) is 4.97. The van der Waals surface area contributed by atoms with E-state index in [0.717, 1.165) is 10.8 Å². The van der Waals surface area contributed by atoms with Gasteiger partial charge in [-0.05, 0) is 29.0 Å². The number of nitrogens with one attached hydrogen (secondary N) is 1. The molecule has 0 aliphatic heterocycles. The molecule has 0 amide bonds. The lowest BCUT2D eigenvalue weighted by Crippen LogP contribution is -2.99. The highest BCUT2D eigenvalue weighted by Gasteiger charge is 2.07. The van der Waals surface area contributed by atoms with Crippen LogP contribution in [0.3, 0.4) is 0 Å². The van der Waals surface area contributed by atoms with Crippen molar-refractivity contribution >= 4 is 22.4 Å². The van der Waals surface area contributed by atoms with Crippen molar-refractivity contribution in [1.29, 1.82) is 0 Å². The molecule has 0 aliphatic carbocycles. The molecule has 0 saturated heterocycles. The molecule has 2 aromatic carbocycles. The largest absolute Gasteiger partial charge is 0.595 e. The van der Waals surface area contributed by atoms with Gasteiger partial charge >= 0.3 is 5.97 Å². The van der Waals surface area contributed by atoms with Gasteiger partial charge in [-0.2, -0.15) is 5.23 Å². The first kappa shape index (κ1) is 11.5. The van der Waals surface area contributed by atoms with Crippen LogP contribution in [0.5, 0.6) is 0 Å². The topological polar surface area (TPSA) is 74.0 Å². The van der Waals surface area contributed by atoms with E-state index >= 15 is 0 Å². The summed E-state index contributed by atoms with van der Waals surface area (Å²) in [4.78, 5) is 11.3. The van der Waals surface area contributed by atoms with Crippen LogP contribution in [-0.2, 0) is 4.74 Å². The summed E-state index contributed by atoms with van der Waals surface area (Å²) >= 11 is 0. The van der Waals surface area contributed by atoms with E-state index in [1.165, 1.54) is 13.2 Å². The molecule has 2 N–H and O–H groups in total. The number of ether oxygens (including phenoxy) is 1. The second-order valence-corrected chi connectivity index (χ2v) is 3.57. The number of rotatable bonds is 2. The van der Waals surface area contributed by atoms with E-state index in [4.69, 9.17) is 5.21 Å². The minimum absolute atomic E-state index is 0.225. The van der Waals surface area contributed by atoms with Crippen LogP contribution in [-0.4, -0.2) is 18.3 Å². The number of esters is 1. The Kier molecular flexibility index (Phi) is 3.06. The van der Waals surface area contributed by atoms with Gasteiger partial charge in [0.05, 0.1) is 12.7 Å². The maximum Gasteiger partial charge on any atom is 0.337 e. The van der Waals surface area contributed by atoms with Crippen molar-refractivity contribution in [2.45, 2.75) is 0 Å². The number of benzene rings is 2. The standard InChI is InChI=1S/C12H11NO4/c1-17-12(14)10-3-2-9-7-11(13(15)16)5-4-8(9)6-10/h2-7,13,15H,1H3. The third kappa shape index (κ3) is 2.26. The zero-order chi connectivity index (χ0) is 12.4. The molecule has 5 nitrogen and oxygen atoms in total. The average Bonchev–Trinajstić information content (AvgIpc) is 2.36. The van der Waals surface area contributed by atoms with Crippen molar-refractivity contribution in [3.8, 4) is 0 Å². The molecule has 0 spiro atoms. The van der Waals surface area contributed by atoms with Crippen LogP contribution >= 0.6 is 0 Å². The molecule has 0 bridgehead atoms. The van der Waals surface area contributed by atoms with E-state index < -0.39 is 11.2 Å². The Morgan fingerprint density at radius 3 is 2.53 bits per heavy atom. The van der Waals surface area contributed by atoms with Crippen LogP contribution in [0.2, 0.25) is 0 Å². The maximum atomic E-state index is 11.3. The molecular formula is C12H11NO4. The normalized spacial score (nSPS) is 12.4. The molecule has 2 rings (SSSR count). The molecule has 0 aromatic heterocycles. The first-order valence-electron chi connectivity index (χ1n) is 4.97. The molecule has 0 saturated carbocycles. The molecule has 0 aliphatic rings. The number of hydrogen-bond donors (Lipinski definition) is 2.